The molecule has 0 amide bonds. The first-order valence-corrected chi connectivity index (χ1v) is 5.83. The van der Waals surface area contributed by atoms with Gasteiger partial charge >= 0.3 is 0 Å². The number of aliphatic hydroxyl groups excluding tert-OH is 1. The van der Waals surface area contributed by atoms with E-state index in [2.05, 4.69) is 19.2 Å². The van der Waals surface area contributed by atoms with Crippen molar-refractivity contribution in [1.29, 1.82) is 0 Å². The molecule has 0 aromatic rings. The Bertz CT molecular complexity index is 106. The van der Waals surface area contributed by atoms with Crippen LogP contribution in [0.5, 0.6) is 0 Å². The SMILES string of the molecule is CCCCNC(O)C(C)CCCCN. The zero-order chi connectivity index (χ0) is 10.8. The van der Waals surface area contributed by atoms with Gasteiger partial charge in [-0.25, -0.2) is 0 Å². The molecule has 2 atom stereocenters. The quantitative estimate of drug-likeness (QED) is 0.392. The second kappa shape index (κ2) is 9.44. The van der Waals surface area contributed by atoms with Crippen LogP contribution in [0.4, 0.5) is 0 Å². The summed E-state index contributed by atoms with van der Waals surface area (Å²) >= 11 is 0. The summed E-state index contributed by atoms with van der Waals surface area (Å²) in [7, 11) is 0. The van der Waals surface area contributed by atoms with E-state index in [1.165, 1.54) is 6.42 Å². The molecular weight excluding hydrogens is 176 g/mol. The molecule has 3 nitrogen and oxygen atoms in total. The van der Waals surface area contributed by atoms with Gasteiger partial charge in [0.05, 0.1) is 0 Å². The van der Waals surface area contributed by atoms with Gasteiger partial charge in [-0.3, -0.25) is 5.32 Å². The average molecular weight is 202 g/mol. The van der Waals surface area contributed by atoms with Crippen LogP contribution in [0.15, 0.2) is 0 Å². The summed E-state index contributed by atoms with van der Waals surface area (Å²) in [5.41, 5.74) is 5.41. The van der Waals surface area contributed by atoms with Crippen LogP contribution < -0.4 is 11.1 Å². The molecule has 0 heterocycles. The van der Waals surface area contributed by atoms with Gasteiger partial charge in [0.1, 0.15) is 6.23 Å². The second-order valence-corrected chi connectivity index (χ2v) is 4.01. The Morgan fingerprint density at radius 2 is 2.00 bits per heavy atom. The Hall–Kier alpha value is -0.120. The first kappa shape index (κ1) is 13.9. The van der Waals surface area contributed by atoms with E-state index in [0.717, 1.165) is 38.8 Å². The van der Waals surface area contributed by atoms with Crippen molar-refractivity contribution in [3.63, 3.8) is 0 Å². The lowest BCUT2D eigenvalue weighted by Crippen LogP contribution is -2.35. The topological polar surface area (TPSA) is 58.3 Å². The zero-order valence-electron chi connectivity index (χ0n) is 9.63. The van der Waals surface area contributed by atoms with Gasteiger partial charge in [-0.05, 0) is 38.3 Å². The summed E-state index contributed by atoms with van der Waals surface area (Å²) < 4.78 is 0. The van der Waals surface area contributed by atoms with E-state index in [4.69, 9.17) is 5.73 Å². The van der Waals surface area contributed by atoms with E-state index >= 15 is 0 Å². The maximum atomic E-state index is 9.70. The fourth-order valence-electron chi connectivity index (χ4n) is 1.40. The van der Waals surface area contributed by atoms with Crippen LogP contribution >= 0.6 is 0 Å². The van der Waals surface area contributed by atoms with Crippen LogP contribution in [0.2, 0.25) is 0 Å². The molecule has 86 valence electrons. The Morgan fingerprint density at radius 1 is 1.29 bits per heavy atom. The predicted molar refractivity (Wildman–Crippen MR) is 61.0 cm³/mol. The Kier molecular flexibility index (Phi) is 9.35. The molecule has 0 aromatic heterocycles. The number of nitrogens with one attached hydrogen (secondary N) is 1. The molecule has 3 heteroatoms. The molecule has 0 saturated carbocycles. The molecule has 0 fully saturated rings. The van der Waals surface area contributed by atoms with Gasteiger partial charge < -0.3 is 10.8 Å². The Balaban J connectivity index is 3.39. The molecule has 0 spiro atoms. The van der Waals surface area contributed by atoms with Gasteiger partial charge in [-0.1, -0.05) is 26.7 Å². The molecule has 0 aliphatic rings. The van der Waals surface area contributed by atoms with Crippen molar-refractivity contribution in [2.45, 2.75) is 52.2 Å². The van der Waals surface area contributed by atoms with Crippen LogP contribution in [0.3, 0.4) is 0 Å². The first-order chi connectivity index (χ1) is 6.72. The van der Waals surface area contributed by atoms with Crippen molar-refractivity contribution in [3.05, 3.63) is 0 Å². The molecule has 0 bridgehead atoms. The molecule has 0 aliphatic heterocycles. The summed E-state index contributed by atoms with van der Waals surface area (Å²) in [4.78, 5) is 0. The summed E-state index contributed by atoms with van der Waals surface area (Å²) in [6.07, 6.45) is 5.18. The fraction of sp³-hybridized carbons (Fsp3) is 1.00. The normalized spacial score (nSPS) is 15.4. The van der Waals surface area contributed by atoms with E-state index in [1.54, 1.807) is 0 Å². The van der Waals surface area contributed by atoms with E-state index in [-0.39, 0.29) is 6.23 Å². The average Bonchev–Trinajstić information content (AvgIpc) is 2.18. The zero-order valence-corrected chi connectivity index (χ0v) is 9.63. The third kappa shape index (κ3) is 7.30. The summed E-state index contributed by atoms with van der Waals surface area (Å²) in [6, 6.07) is 0. The Labute approximate surface area is 88.1 Å². The number of hydrogen-bond acceptors (Lipinski definition) is 3. The monoisotopic (exact) mass is 202 g/mol. The van der Waals surface area contributed by atoms with E-state index < -0.39 is 0 Å². The third-order valence-corrected chi connectivity index (χ3v) is 2.54. The molecule has 4 N–H and O–H groups in total. The third-order valence-electron chi connectivity index (χ3n) is 2.54. The van der Waals surface area contributed by atoms with Crippen LogP contribution in [-0.2, 0) is 0 Å². The highest BCUT2D eigenvalue weighted by atomic mass is 16.3. The number of aliphatic hydroxyl groups is 1. The van der Waals surface area contributed by atoms with Gasteiger partial charge in [0.2, 0.25) is 0 Å². The van der Waals surface area contributed by atoms with Crippen molar-refractivity contribution < 1.29 is 5.11 Å². The van der Waals surface area contributed by atoms with Crippen LogP contribution in [-0.4, -0.2) is 24.4 Å². The van der Waals surface area contributed by atoms with Gasteiger partial charge in [-0.2, -0.15) is 0 Å². The molecule has 0 rings (SSSR count). The second-order valence-electron chi connectivity index (χ2n) is 4.01. The standard InChI is InChI=1S/C11H26N2O/c1-3-4-9-13-11(14)10(2)7-5-6-8-12/h10-11,13-14H,3-9,12H2,1-2H3. The summed E-state index contributed by atoms with van der Waals surface area (Å²) in [6.45, 7) is 5.91. The number of nitrogens with two attached hydrogens (primary N) is 1. The molecule has 0 radical (unpaired) electrons. The van der Waals surface area contributed by atoms with Crippen LogP contribution in [0.25, 0.3) is 0 Å². The molecule has 14 heavy (non-hydrogen) atoms. The van der Waals surface area contributed by atoms with Crippen molar-refractivity contribution in [3.8, 4) is 0 Å². The minimum atomic E-state index is -0.348. The largest absolute Gasteiger partial charge is 0.378 e. The number of unbranched alkanes of at least 4 members (excludes halogenated alkanes) is 2. The maximum Gasteiger partial charge on any atom is 0.107 e. The van der Waals surface area contributed by atoms with Gasteiger partial charge in [0.25, 0.3) is 0 Å². The van der Waals surface area contributed by atoms with E-state index in [0.29, 0.717) is 5.92 Å². The van der Waals surface area contributed by atoms with Crippen molar-refractivity contribution in [2.75, 3.05) is 13.1 Å². The predicted octanol–water partition coefficient (Wildman–Crippen LogP) is 1.46. The number of hydrogen-bond donors (Lipinski definition) is 3. The van der Waals surface area contributed by atoms with E-state index in [9.17, 15) is 5.11 Å². The highest BCUT2D eigenvalue weighted by molar-refractivity contribution is 4.62. The number of rotatable bonds is 9. The highest BCUT2D eigenvalue weighted by Gasteiger charge is 2.11. The van der Waals surface area contributed by atoms with Crippen molar-refractivity contribution in [2.24, 2.45) is 11.7 Å². The van der Waals surface area contributed by atoms with Gasteiger partial charge in [-0.15, -0.1) is 0 Å². The highest BCUT2D eigenvalue weighted by Crippen LogP contribution is 2.10. The van der Waals surface area contributed by atoms with Gasteiger partial charge in [0, 0.05) is 0 Å². The molecule has 0 aromatic carbocycles. The molecular formula is C11H26N2O. The molecule has 2 unspecified atom stereocenters. The maximum absolute atomic E-state index is 9.70. The van der Waals surface area contributed by atoms with Crippen LogP contribution in [0, 0.1) is 5.92 Å². The van der Waals surface area contributed by atoms with Gasteiger partial charge in [0.15, 0.2) is 0 Å². The lowest BCUT2D eigenvalue weighted by molar-refractivity contribution is 0.0773. The van der Waals surface area contributed by atoms with E-state index in [1.807, 2.05) is 0 Å². The smallest absolute Gasteiger partial charge is 0.107 e. The Morgan fingerprint density at radius 3 is 2.57 bits per heavy atom. The fourth-order valence-corrected chi connectivity index (χ4v) is 1.40. The van der Waals surface area contributed by atoms with Crippen molar-refractivity contribution >= 4 is 0 Å². The molecule has 0 saturated heterocycles. The molecule has 0 aliphatic carbocycles. The minimum absolute atomic E-state index is 0.332. The summed E-state index contributed by atoms with van der Waals surface area (Å²) in [5.74, 6) is 0.332. The van der Waals surface area contributed by atoms with Crippen LogP contribution in [0.1, 0.15) is 46.0 Å². The first-order valence-electron chi connectivity index (χ1n) is 5.83. The minimum Gasteiger partial charge on any atom is -0.378 e. The summed E-state index contributed by atoms with van der Waals surface area (Å²) in [5, 5.41) is 12.8. The lowest BCUT2D eigenvalue weighted by Gasteiger charge is -2.19. The van der Waals surface area contributed by atoms with Crippen molar-refractivity contribution in [1.82, 2.24) is 5.32 Å². The lowest BCUT2D eigenvalue weighted by atomic mass is 10.0.